The Hall–Kier alpha value is -1.26. The maximum atomic E-state index is 13.5. The lowest BCUT2D eigenvalue weighted by molar-refractivity contribution is 0.614. The summed E-state index contributed by atoms with van der Waals surface area (Å²) in [6.07, 6.45) is 0. The van der Waals surface area contributed by atoms with E-state index < -0.39 is 22.4 Å². The van der Waals surface area contributed by atoms with Gasteiger partial charge in [0.25, 0.3) is 0 Å². The van der Waals surface area contributed by atoms with Crippen LogP contribution in [0.15, 0.2) is 47.4 Å². The van der Waals surface area contributed by atoms with Crippen molar-refractivity contribution >= 4 is 22.4 Å². The fraction of sp³-hybridized carbons (Fsp3) is 0.0769. The quantitative estimate of drug-likeness (QED) is 0.836. The summed E-state index contributed by atoms with van der Waals surface area (Å²) in [6, 6.07) is 9.53. The lowest BCUT2D eigenvalue weighted by atomic mass is 10.2. The molecule has 5 heteroatoms. The molecule has 2 aromatic rings. The monoisotopic (exact) mass is 286 g/mol. The van der Waals surface area contributed by atoms with Crippen molar-refractivity contribution in [2.24, 2.45) is 0 Å². The lowest BCUT2D eigenvalue weighted by Crippen LogP contribution is -1.99. The van der Waals surface area contributed by atoms with E-state index in [1.807, 2.05) is 0 Å². The average molecular weight is 287 g/mol. The molecule has 0 aliphatic carbocycles. The van der Waals surface area contributed by atoms with E-state index in [4.69, 9.17) is 11.6 Å². The molecule has 0 fully saturated rings. The van der Waals surface area contributed by atoms with Gasteiger partial charge in [0.15, 0.2) is 0 Å². The van der Waals surface area contributed by atoms with Crippen molar-refractivity contribution in [1.82, 2.24) is 0 Å². The second kappa shape index (κ2) is 5.59. The number of rotatable bonds is 3. The second-order valence-electron chi connectivity index (χ2n) is 3.68. The van der Waals surface area contributed by atoms with E-state index in [0.29, 0.717) is 9.92 Å². The van der Waals surface area contributed by atoms with Crippen LogP contribution in [0.3, 0.4) is 0 Å². The van der Waals surface area contributed by atoms with E-state index in [1.54, 1.807) is 6.07 Å². The second-order valence-corrected chi connectivity index (χ2v) is 5.57. The normalized spacial score (nSPS) is 12.4. The molecule has 94 valence electrons. The minimum Gasteiger partial charge on any atom is -0.254 e. The summed E-state index contributed by atoms with van der Waals surface area (Å²) in [4.78, 5) is 0.328. The maximum absolute atomic E-state index is 13.5. The Morgan fingerprint density at radius 1 is 1.11 bits per heavy atom. The number of benzene rings is 2. The third-order valence-corrected chi connectivity index (χ3v) is 3.94. The fourth-order valence-corrected chi connectivity index (χ4v) is 2.83. The van der Waals surface area contributed by atoms with Crippen LogP contribution in [0.4, 0.5) is 8.78 Å². The Bertz CT molecular complexity index is 601. The highest BCUT2D eigenvalue weighted by molar-refractivity contribution is 7.84. The van der Waals surface area contributed by atoms with Gasteiger partial charge in [-0.15, -0.1) is 0 Å². The Morgan fingerprint density at radius 3 is 2.61 bits per heavy atom. The third kappa shape index (κ3) is 3.15. The molecular formula is C13H9ClF2OS. The van der Waals surface area contributed by atoms with Crippen LogP contribution in [-0.2, 0) is 16.6 Å². The fourth-order valence-electron chi connectivity index (χ4n) is 1.49. The molecule has 0 aliphatic rings. The molecule has 0 heterocycles. The molecule has 0 spiro atoms. The van der Waals surface area contributed by atoms with E-state index >= 15 is 0 Å². The first-order valence-corrected chi connectivity index (χ1v) is 6.84. The molecule has 2 rings (SSSR count). The Balaban J connectivity index is 2.24. The first-order valence-electron chi connectivity index (χ1n) is 5.14. The van der Waals surface area contributed by atoms with Gasteiger partial charge in [-0.25, -0.2) is 8.78 Å². The molecular weight excluding hydrogens is 278 g/mol. The molecule has 18 heavy (non-hydrogen) atoms. The van der Waals surface area contributed by atoms with Crippen molar-refractivity contribution < 1.29 is 13.0 Å². The van der Waals surface area contributed by atoms with Gasteiger partial charge in [-0.1, -0.05) is 17.7 Å². The van der Waals surface area contributed by atoms with Crippen molar-refractivity contribution in [2.45, 2.75) is 10.6 Å². The number of halogens is 3. The molecule has 0 aromatic heterocycles. The molecule has 0 radical (unpaired) electrons. The molecule has 2 aromatic carbocycles. The predicted octanol–water partition coefficient (Wildman–Crippen LogP) is 3.93. The highest BCUT2D eigenvalue weighted by atomic mass is 35.5. The van der Waals surface area contributed by atoms with Crippen LogP contribution in [0.2, 0.25) is 5.02 Å². The van der Waals surface area contributed by atoms with Gasteiger partial charge < -0.3 is 0 Å². The third-order valence-electron chi connectivity index (χ3n) is 2.35. The highest BCUT2D eigenvalue weighted by Gasteiger charge is 2.10. The largest absolute Gasteiger partial charge is 0.254 e. The Morgan fingerprint density at radius 2 is 1.89 bits per heavy atom. The van der Waals surface area contributed by atoms with Gasteiger partial charge in [0.05, 0.1) is 16.6 Å². The summed E-state index contributed by atoms with van der Waals surface area (Å²) in [5.74, 6) is -0.966. The summed E-state index contributed by atoms with van der Waals surface area (Å²) in [7, 11) is -1.50. The molecule has 1 unspecified atom stereocenters. The van der Waals surface area contributed by atoms with E-state index in [2.05, 4.69) is 0 Å². The topological polar surface area (TPSA) is 17.1 Å². The van der Waals surface area contributed by atoms with Crippen molar-refractivity contribution in [3.8, 4) is 0 Å². The minimum absolute atomic E-state index is 0.0319. The Kier molecular flexibility index (Phi) is 4.09. The smallest absolute Gasteiger partial charge is 0.127 e. The van der Waals surface area contributed by atoms with Crippen LogP contribution in [0.1, 0.15) is 5.56 Å². The maximum Gasteiger partial charge on any atom is 0.127 e. The first kappa shape index (κ1) is 13.2. The van der Waals surface area contributed by atoms with Crippen LogP contribution in [0.25, 0.3) is 0 Å². The molecule has 1 atom stereocenters. The van der Waals surface area contributed by atoms with Crippen LogP contribution in [0, 0.1) is 11.6 Å². The van der Waals surface area contributed by atoms with Crippen LogP contribution in [-0.4, -0.2) is 4.21 Å². The average Bonchev–Trinajstić information content (AvgIpc) is 2.34. The van der Waals surface area contributed by atoms with E-state index in [0.717, 1.165) is 0 Å². The molecule has 0 bridgehead atoms. The summed E-state index contributed by atoms with van der Waals surface area (Å²) in [5.41, 5.74) is 0.255. The summed E-state index contributed by atoms with van der Waals surface area (Å²) >= 11 is 5.75. The number of hydrogen-bond donors (Lipinski definition) is 0. The molecule has 1 nitrogen and oxygen atoms in total. The molecule has 0 amide bonds. The van der Waals surface area contributed by atoms with E-state index in [9.17, 15) is 13.0 Å². The van der Waals surface area contributed by atoms with Gasteiger partial charge >= 0.3 is 0 Å². The van der Waals surface area contributed by atoms with Crippen molar-refractivity contribution in [3.63, 3.8) is 0 Å². The van der Waals surface area contributed by atoms with Gasteiger partial charge in [-0.2, -0.15) is 0 Å². The standard InChI is InChI=1S/C13H9ClF2OS/c14-10-4-5-13(16)9(6-10)8-18(17)12-3-1-2-11(15)7-12/h1-7H,8H2. The molecule has 0 aliphatic heterocycles. The van der Waals surface area contributed by atoms with E-state index in [-0.39, 0.29) is 11.3 Å². The van der Waals surface area contributed by atoms with Crippen molar-refractivity contribution in [2.75, 3.05) is 0 Å². The van der Waals surface area contributed by atoms with Crippen molar-refractivity contribution in [3.05, 3.63) is 64.7 Å². The summed E-state index contributed by atoms with van der Waals surface area (Å²) in [5, 5.41) is 0.377. The zero-order chi connectivity index (χ0) is 13.1. The van der Waals surface area contributed by atoms with Crippen LogP contribution >= 0.6 is 11.6 Å². The highest BCUT2D eigenvalue weighted by Crippen LogP contribution is 2.19. The van der Waals surface area contributed by atoms with Crippen LogP contribution < -0.4 is 0 Å². The Labute approximate surface area is 111 Å². The zero-order valence-corrected chi connectivity index (χ0v) is 10.8. The number of hydrogen-bond acceptors (Lipinski definition) is 1. The van der Waals surface area contributed by atoms with Gasteiger partial charge in [-0.05, 0) is 36.4 Å². The summed E-state index contributed by atoms with van der Waals surface area (Å²) in [6.45, 7) is 0. The first-order chi connectivity index (χ1) is 8.56. The summed E-state index contributed by atoms with van der Waals surface area (Å²) < 4.78 is 38.4. The lowest BCUT2D eigenvalue weighted by Gasteiger charge is -2.04. The minimum atomic E-state index is -1.50. The molecule has 0 N–H and O–H groups in total. The molecule has 0 saturated carbocycles. The zero-order valence-electron chi connectivity index (χ0n) is 9.20. The van der Waals surface area contributed by atoms with Gasteiger partial charge in [0.2, 0.25) is 0 Å². The van der Waals surface area contributed by atoms with Crippen LogP contribution in [0.5, 0.6) is 0 Å². The predicted molar refractivity (Wildman–Crippen MR) is 67.9 cm³/mol. The van der Waals surface area contributed by atoms with Gasteiger partial charge in [0.1, 0.15) is 11.6 Å². The van der Waals surface area contributed by atoms with E-state index in [1.165, 1.54) is 36.4 Å². The van der Waals surface area contributed by atoms with Gasteiger partial charge in [-0.3, -0.25) is 4.21 Å². The van der Waals surface area contributed by atoms with Crippen molar-refractivity contribution in [1.29, 1.82) is 0 Å². The van der Waals surface area contributed by atoms with Gasteiger partial charge in [0, 0.05) is 15.5 Å². The SMILES string of the molecule is O=S(Cc1cc(Cl)ccc1F)c1cccc(F)c1. The molecule has 0 saturated heterocycles.